The van der Waals surface area contributed by atoms with E-state index in [1.807, 2.05) is 44.2 Å². The normalized spacial score (nSPS) is 20.6. The van der Waals surface area contributed by atoms with Crippen molar-refractivity contribution in [1.82, 2.24) is 0 Å². The molecular formula is C15H17NO2. The molecule has 94 valence electrons. The number of hydrogen-bond donors (Lipinski definition) is 0. The molecule has 1 aliphatic rings. The van der Waals surface area contributed by atoms with Gasteiger partial charge in [-0.05, 0) is 17.5 Å². The fourth-order valence-corrected chi connectivity index (χ4v) is 2.25. The quantitative estimate of drug-likeness (QED) is 0.592. The number of nitrogens with zero attached hydrogens (tertiary/aromatic N) is 1. The molecule has 1 fully saturated rings. The summed E-state index contributed by atoms with van der Waals surface area (Å²) < 4.78 is 0. The number of para-hydroxylation sites is 1. The number of Topliss-reactive ketones (excluding diaryl/α,β-unsaturated/α-hetero) is 2. The highest BCUT2D eigenvalue weighted by atomic mass is 16.2. The molecule has 1 aliphatic carbocycles. The van der Waals surface area contributed by atoms with Gasteiger partial charge in [-0.1, -0.05) is 32.0 Å². The third kappa shape index (κ3) is 2.92. The Morgan fingerprint density at radius 3 is 2.22 bits per heavy atom. The van der Waals surface area contributed by atoms with Crippen LogP contribution in [0.15, 0.2) is 35.3 Å². The Kier molecular flexibility index (Phi) is 3.41. The van der Waals surface area contributed by atoms with Crippen LogP contribution in [0.25, 0.3) is 0 Å². The van der Waals surface area contributed by atoms with Crippen LogP contribution in [0.4, 0.5) is 5.69 Å². The highest BCUT2D eigenvalue weighted by Crippen LogP contribution is 2.33. The first-order valence-electron chi connectivity index (χ1n) is 6.13. The average molecular weight is 243 g/mol. The highest BCUT2D eigenvalue weighted by molar-refractivity contribution is 6.16. The molecule has 0 spiro atoms. The van der Waals surface area contributed by atoms with Crippen molar-refractivity contribution < 1.29 is 9.59 Å². The van der Waals surface area contributed by atoms with E-state index in [0.29, 0.717) is 12.8 Å². The summed E-state index contributed by atoms with van der Waals surface area (Å²) in [6.45, 7) is 3.90. The lowest BCUT2D eigenvalue weighted by Crippen LogP contribution is -2.38. The van der Waals surface area contributed by atoms with Crippen molar-refractivity contribution in [2.24, 2.45) is 16.3 Å². The second kappa shape index (κ2) is 4.84. The molecule has 3 heteroatoms. The average Bonchev–Trinajstić information content (AvgIpc) is 2.27. The van der Waals surface area contributed by atoms with Gasteiger partial charge in [0, 0.05) is 19.1 Å². The topological polar surface area (TPSA) is 46.5 Å². The van der Waals surface area contributed by atoms with Crippen molar-refractivity contribution >= 4 is 23.5 Å². The molecule has 18 heavy (non-hydrogen) atoms. The Labute approximate surface area is 107 Å². The molecule has 0 aliphatic heterocycles. The van der Waals surface area contributed by atoms with Crippen LogP contribution in [-0.2, 0) is 9.59 Å². The lowest BCUT2D eigenvalue weighted by molar-refractivity contribution is -0.136. The van der Waals surface area contributed by atoms with Crippen LogP contribution in [0, 0.1) is 11.3 Å². The molecule has 0 heterocycles. The predicted octanol–water partition coefficient (Wildman–Crippen LogP) is 2.96. The van der Waals surface area contributed by atoms with Gasteiger partial charge in [-0.3, -0.25) is 14.6 Å². The van der Waals surface area contributed by atoms with Crippen LogP contribution in [0.2, 0.25) is 0 Å². The summed E-state index contributed by atoms with van der Waals surface area (Å²) in [6.07, 6.45) is 2.39. The molecule has 0 amide bonds. The standard InChI is InChI=1S/C15H17NO2/c1-15(2)8-13(17)12(14(18)9-15)10-16-11-6-4-3-5-7-11/h3-7,10,12H,8-9H2,1-2H3. The Morgan fingerprint density at radius 2 is 1.67 bits per heavy atom. The first kappa shape index (κ1) is 12.7. The summed E-state index contributed by atoms with van der Waals surface area (Å²) in [4.78, 5) is 28.1. The minimum atomic E-state index is -0.654. The largest absolute Gasteiger partial charge is 0.298 e. The molecule has 0 saturated heterocycles. The molecule has 1 saturated carbocycles. The van der Waals surface area contributed by atoms with Crippen LogP contribution < -0.4 is 0 Å². The van der Waals surface area contributed by atoms with Crippen LogP contribution in [-0.4, -0.2) is 17.8 Å². The van der Waals surface area contributed by atoms with E-state index in [9.17, 15) is 9.59 Å². The van der Waals surface area contributed by atoms with Crippen LogP contribution >= 0.6 is 0 Å². The Hall–Kier alpha value is -1.77. The van der Waals surface area contributed by atoms with Gasteiger partial charge in [0.15, 0.2) is 0 Å². The molecule has 0 atom stereocenters. The zero-order valence-electron chi connectivity index (χ0n) is 10.7. The molecule has 0 N–H and O–H groups in total. The van der Waals surface area contributed by atoms with Crippen molar-refractivity contribution in [1.29, 1.82) is 0 Å². The first-order valence-corrected chi connectivity index (χ1v) is 6.13. The number of hydrogen-bond acceptors (Lipinski definition) is 3. The van der Waals surface area contributed by atoms with E-state index < -0.39 is 5.92 Å². The number of carbonyl (C=O) groups is 2. The molecule has 0 radical (unpaired) electrons. The van der Waals surface area contributed by atoms with E-state index in [2.05, 4.69) is 4.99 Å². The zero-order chi connectivity index (χ0) is 13.2. The third-order valence-corrected chi connectivity index (χ3v) is 3.13. The van der Waals surface area contributed by atoms with E-state index in [4.69, 9.17) is 0 Å². The van der Waals surface area contributed by atoms with Gasteiger partial charge in [-0.25, -0.2) is 0 Å². The maximum Gasteiger partial charge on any atom is 0.149 e. The molecule has 1 aromatic carbocycles. The van der Waals surface area contributed by atoms with Crippen molar-refractivity contribution in [2.45, 2.75) is 26.7 Å². The fraction of sp³-hybridized carbons (Fsp3) is 0.400. The van der Waals surface area contributed by atoms with Crippen molar-refractivity contribution in [2.75, 3.05) is 0 Å². The molecule has 2 rings (SSSR count). The van der Waals surface area contributed by atoms with Gasteiger partial charge in [-0.15, -0.1) is 0 Å². The Bertz CT molecular complexity index is 468. The monoisotopic (exact) mass is 243 g/mol. The summed E-state index contributed by atoms with van der Waals surface area (Å²) in [5.74, 6) is -0.690. The van der Waals surface area contributed by atoms with Gasteiger partial charge in [0.2, 0.25) is 0 Å². The highest BCUT2D eigenvalue weighted by Gasteiger charge is 2.38. The van der Waals surface area contributed by atoms with E-state index in [1.54, 1.807) is 0 Å². The summed E-state index contributed by atoms with van der Waals surface area (Å²) in [7, 11) is 0. The van der Waals surface area contributed by atoms with Gasteiger partial charge in [0.25, 0.3) is 0 Å². The fourth-order valence-electron chi connectivity index (χ4n) is 2.25. The van der Waals surface area contributed by atoms with Gasteiger partial charge < -0.3 is 0 Å². The van der Waals surface area contributed by atoms with Gasteiger partial charge in [0.1, 0.15) is 17.5 Å². The molecule has 1 aromatic rings. The van der Waals surface area contributed by atoms with Gasteiger partial charge >= 0.3 is 0 Å². The third-order valence-electron chi connectivity index (χ3n) is 3.13. The molecule has 0 bridgehead atoms. The maximum atomic E-state index is 11.9. The number of rotatable bonds is 2. The van der Waals surface area contributed by atoms with E-state index in [-0.39, 0.29) is 17.0 Å². The summed E-state index contributed by atoms with van der Waals surface area (Å²) in [5, 5.41) is 0. The second-order valence-corrected chi connectivity index (χ2v) is 5.54. The van der Waals surface area contributed by atoms with Crippen molar-refractivity contribution in [3.05, 3.63) is 30.3 Å². The Morgan fingerprint density at radius 1 is 1.11 bits per heavy atom. The smallest absolute Gasteiger partial charge is 0.149 e. The number of benzene rings is 1. The maximum absolute atomic E-state index is 11.9. The van der Waals surface area contributed by atoms with Gasteiger partial charge in [-0.2, -0.15) is 0 Å². The second-order valence-electron chi connectivity index (χ2n) is 5.54. The van der Waals surface area contributed by atoms with Crippen LogP contribution in [0.3, 0.4) is 0 Å². The number of carbonyl (C=O) groups excluding carboxylic acids is 2. The lowest BCUT2D eigenvalue weighted by Gasteiger charge is -2.30. The molecule has 0 unspecified atom stereocenters. The minimum Gasteiger partial charge on any atom is -0.298 e. The van der Waals surface area contributed by atoms with Crippen LogP contribution in [0.5, 0.6) is 0 Å². The van der Waals surface area contributed by atoms with E-state index in [0.717, 1.165) is 5.69 Å². The SMILES string of the molecule is CC1(C)CC(=O)C(C=Nc2ccccc2)C(=O)C1. The summed E-state index contributed by atoms with van der Waals surface area (Å²) >= 11 is 0. The number of ketones is 2. The minimum absolute atomic E-state index is 0.0177. The molecule has 3 nitrogen and oxygen atoms in total. The van der Waals surface area contributed by atoms with E-state index in [1.165, 1.54) is 6.21 Å². The first-order chi connectivity index (χ1) is 8.48. The van der Waals surface area contributed by atoms with Crippen molar-refractivity contribution in [3.63, 3.8) is 0 Å². The summed E-state index contributed by atoms with van der Waals surface area (Å²) in [6, 6.07) is 9.34. The van der Waals surface area contributed by atoms with E-state index >= 15 is 0 Å². The Balaban J connectivity index is 2.13. The lowest BCUT2D eigenvalue weighted by atomic mass is 9.72. The zero-order valence-corrected chi connectivity index (χ0v) is 10.7. The van der Waals surface area contributed by atoms with Gasteiger partial charge in [0.05, 0.1) is 5.69 Å². The molecular weight excluding hydrogens is 226 g/mol. The predicted molar refractivity (Wildman–Crippen MR) is 71.1 cm³/mol. The summed E-state index contributed by atoms with van der Waals surface area (Å²) in [5.41, 5.74) is 0.563. The van der Waals surface area contributed by atoms with Crippen LogP contribution in [0.1, 0.15) is 26.7 Å². The number of aliphatic imine (C=N–C) groups is 1. The van der Waals surface area contributed by atoms with Crippen molar-refractivity contribution in [3.8, 4) is 0 Å². The molecule has 0 aromatic heterocycles.